The molecule has 0 amide bonds. The number of hydrogen-bond acceptors (Lipinski definition) is 0. The maximum Gasteiger partial charge on any atom is 0.167 e. The Morgan fingerprint density at radius 1 is 0.696 bits per heavy atom. The van der Waals surface area contributed by atoms with Gasteiger partial charge in [0.05, 0.1) is 0 Å². The van der Waals surface area contributed by atoms with Crippen molar-refractivity contribution in [3.8, 4) is 22.3 Å². The van der Waals surface area contributed by atoms with Crippen LogP contribution in [0.2, 0.25) is 0 Å². The van der Waals surface area contributed by atoms with Gasteiger partial charge in [-0.25, -0.2) is 13.2 Å². The van der Waals surface area contributed by atoms with Crippen LogP contribution in [0, 0.1) is 17.5 Å². The molecule has 0 spiro atoms. The predicted molar refractivity (Wildman–Crippen MR) is 86.6 cm³/mol. The molecule has 0 saturated heterocycles. The lowest BCUT2D eigenvalue weighted by molar-refractivity contribution is 0.511. The normalized spacial score (nSPS) is 10.8. The lowest BCUT2D eigenvalue weighted by atomic mass is 9.93. The van der Waals surface area contributed by atoms with Crippen LogP contribution in [0.4, 0.5) is 13.2 Å². The lowest BCUT2D eigenvalue weighted by Crippen LogP contribution is -1.96. The summed E-state index contributed by atoms with van der Waals surface area (Å²) in [6, 6.07) is 15.8. The van der Waals surface area contributed by atoms with E-state index in [2.05, 4.69) is 0 Å². The molecule has 3 rings (SSSR count). The summed E-state index contributed by atoms with van der Waals surface area (Å²) in [5.74, 6) is -2.38. The van der Waals surface area contributed by atoms with Crippen LogP contribution in [0.15, 0.2) is 60.7 Å². The van der Waals surface area contributed by atoms with Crippen LogP contribution >= 0.6 is 0 Å². The van der Waals surface area contributed by atoms with Gasteiger partial charge in [0.25, 0.3) is 0 Å². The van der Waals surface area contributed by atoms with Crippen molar-refractivity contribution in [3.05, 3.63) is 83.7 Å². The molecule has 0 heterocycles. The second-order valence-corrected chi connectivity index (χ2v) is 5.31. The fourth-order valence-electron chi connectivity index (χ4n) is 2.64. The van der Waals surface area contributed by atoms with E-state index in [1.807, 2.05) is 19.1 Å². The summed E-state index contributed by atoms with van der Waals surface area (Å²) in [4.78, 5) is 0. The van der Waals surface area contributed by atoms with Gasteiger partial charge in [-0.05, 0) is 35.2 Å². The zero-order chi connectivity index (χ0) is 16.4. The third-order valence-electron chi connectivity index (χ3n) is 3.91. The molecule has 0 aromatic heterocycles. The van der Waals surface area contributed by atoms with Crippen molar-refractivity contribution in [1.29, 1.82) is 0 Å². The second kappa shape index (κ2) is 6.29. The largest absolute Gasteiger partial charge is 0.206 e. The van der Waals surface area contributed by atoms with E-state index in [9.17, 15) is 13.2 Å². The molecule has 116 valence electrons. The number of hydrogen-bond donors (Lipinski definition) is 0. The molecule has 0 atom stereocenters. The first kappa shape index (κ1) is 15.3. The zero-order valence-electron chi connectivity index (χ0n) is 12.6. The molecular formula is C20H15F3. The van der Waals surface area contributed by atoms with Gasteiger partial charge in [0, 0.05) is 11.1 Å². The van der Waals surface area contributed by atoms with Crippen molar-refractivity contribution in [2.24, 2.45) is 0 Å². The molecule has 0 nitrogen and oxygen atoms in total. The van der Waals surface area contributed by atoms with Gasteiger partial charge in [-0.15, -0.1) is 0 Å². The van der Waals surface area contributed by atoms with E-state index in [0.717, 1.165) is 18.1 Å². The summed E-state index contributed by atoms with van der Waals surface area (Å²) >= 11 is 0. The molecule has 0 aliphatic heterocycles. The number of rotatable bonds is 3. The van der Waals surface area contributed by atoms with Crippen molar-refractivity contribution in [3.63, 3.8) is 0 Å². The van der Waals surface area contributed by atoms with Crippen LogP contribution in [0.3, 0.4) is 0 Å². The molecule has 3 aromatic carbocycles. The fraction of sp³-hybridized carbons (Fsp3) is 0.100. The second-order valence-electron chi connectivity index (χ2n) is 5.31. The van der Waals surface area contributed by atoms with Gasteiger partial charge in [-0.3, -0.25) is 0 Å². The van der Waals surface area contributed by atoms with Crippen molar-refractivity contribution < 1.29 is 13.2 Å². The van der Waals surface area contributed by atoms with Crippen molar-refractivity contribution in [2.75, 3.05) is 0 Å². The zero-order valence-corrected chi connectivity index (χ0v) is 12.6. The van der Waals surface area contributed by atoms with E-state index < -0.39 is 17.5 Å². The van der Waals surface area contributed by atoms with E-state index in [4.69, 9.17) is 0 Å². The Morgan fingerprint density at radius 3 is 2.04 bits per heavy atom. The van der Waals surface area contributed by atoms with Crippen LogP contribution in [0.25, 0.3) is 22.3 Å². The molecule has 0 aliphatic carbocycles. The van der Waals surface area contributed by atoms with Crippen LogP contribution in [0.5, 0.6) is 0 Å². The molecule has 0 radical (unpaired) electrons. The monoisotopic (exact) mass is 312 g/mol. The van der Waals surface area contributed by atoms with Crippen molar-refractivity contribution >= 4 is 0 Å². The van der Waals surface area contributed by atoms with Gasteiger partial charge in [0.2, 0.25) is 0 Å². The van der Waals surface area contributed by atoms with Gasteiger partial charge >= 0.3 is 0 Å². The molecule has 0 fully saturated rings. The van der Waals surface area contributed by atoms with Gasteiger partial charge in [0.15, 0.2) is 11.6 Å². The summed E-state index contributed by atoms with van der Waals surface area (Å²) in [6.07, 6.45) is 0.853. The number of halogens is 3. The maximum atomic E-state index is 14.5. The molecule has 0 bridgehead atoms. The summed E-state index contributed by atoms with van der Waals surface area (Å²) in [6.45, 7) is 2.02. The first-order valence-corrected chi connectivity index (χ1v) is 7.44. The highest BCUT2D eigenvalue weighted by Gasteiger charge is 2.18. The molecule has 0 N–H and O–H groups in total. The van der Waals surface area contributed by atoms with E-state index in [0.29, 0.717) is 11.1 Å². The van der Waals surface area contributed by atoms with Gasteiger partial charge in [-0.1, -0.05) is 55.5 Å². The van der Waals surface area contributed by atoms with E-state index in [-0.39, 0.29) is 11.1 Å². The Morgan fingerprint density at radius 2 is 1.39 bits per heavy atom. The Labute approximate surface area is 133 Å². The topological polar surface area (TPSA) is 0 Å². The molecular weight excluding hydrogens is 297 g/mol. The highest BCUT2D eigenvalue weighted by atomic mass is 19.2. The molecule has 3 aromatic rings. The SMILES string of the molecule is CCc1ccc(-c2c(-c3ccccc3F)ccc(F)c2F)cc1. The van der Waals surface area contributed by atoms with Crippen LogP contribution < -0.4 is 0 Å². The minimum atomic E-state index is -0.963. The maximum absolute atomic E-state index is 14.5. The smallest absolute Gasteiger partial charge is 0.167 e. The van der Waals surface area contributed by atoms with Gasteiger partial charge in [0.1, 0.15) is 5.82 Å². The minimum absolute atomic E-state index is 0.0813. The summed E-state index contributed by atoms with van der Waals surface area (Å²) in [5.41, 5.74) is 2.29. The van der Waals surface area contributed by atoms with Gasteiger partial charge < -0.3 is 0 Å². The van der Waals surface area contributed by atoms with Gasteiger partial charge in [-0.2, -0.15) is 0 Å². The Bertz CT molecular complexity index is 836. The van der Waals surface area contributed by atoms with Crippen molar-refractivity contribution in [1.82, 2.24) is 0 Å². The first-order chi connectivity index (χ1) is 11.1. The Kier molecular flexibility index (Phi) is 4.20. The molecule has 3 heteroatoms. The van der Waals surface area contributed by atoms with Crippen LogP contribution in [-0.4, -0.2) is 0 Å². The average molecular weight is 312 g/mol. The highest BCUT2D eigenvalue weighted by molar-refractivity contribution is 5.84. The predicted octanol–water partition coefficient (Wildman–Crippen LogP) is 6.00. The van der Waals surface area contributed by atoms with Crippen LogP contribution in [0.1, 0.15) is 12.5 Å². The lowest BCUT2D eigenvalue weighted by Gasteiger charge is -2.13. The average Bonchev–Trinajstić information content (AvgIpc) is 2.58. The summed E-state index contributed by atoms with van der Waals surface area (Å²) < 4.78 is 42.3. The quantitative estimate of drug-likeness (QED) is 0.556. The summed E-state index contributed by atoms with van der Waals surface area (Å²) in [5, 5.41) is 0. The van der Waals surface area contributed by atoms with E-state index in [1.54, 1.807) is 30.3 Å². The third kappa shape index (κ3) is 2.87. The van der Waals surface area contributed by atoms with Crippen LogP contribution in [-0.2, 0) is 6.42 Å². The number of aryl methyl sites for hydroxylation is 1. The Hall–Kier alpha value is -2.55. The fourth-order valence-corrected chi connectivity index (χ4v) is 2.64. The molecule has 0 aliphatic rings. The summed E-state index contributed by atoms with van der Waals surface area (Å²) in [7, 11) is 0. The van der Waals surface area contributed by atoms with E-state index in [1.165, 1.54) is 12.1 Å². The molecule has 0 saturated carbocycles. The minimum Gasteiger partial charge on any atom is -0.206 e. The highest BCUT2D eigenvalue weighted by Crippen LogP contribution is 2.36. The van der Waals surface area contributed by atoms with E-state index >= 15 is 0 Å². The standard InChI is InChI=1S/C20H15F3/c1-2-13-7-9-14(10-8-13)19-16(11-12-18(22)20(19)23)15-5-3-4-6-17(15)21/h3-12H,2H2,1H3. The van der Waals surface area contributed by atoms with Crippen molar-refractivity contribution in [2.45, 2.75) is 13.3 Å². The molecule has 23 heavy (non-hydrogen) atoms. The molecule has 0 unspecified atom stereocenters. The Balaban J connectivity index is 2.25. The number of benzene rings is 3. The first-order valence-electron chi connectivity index (χ1n) is 7.44. The third-order valence-corrected chi connectivity index (χ3v) is 3.91.